The Hall–Kier alpha value is -2.89. The third kappa shape index (κ3) is 3.79. The number of aryl methyl sites for hydroxylation is 2. The standard InChI is InChI=1S/C19H21NO5/c1-12-8-16(22-2)17(23-3)10-14(12)20-19(21)7-5-13-4-6-15-18(9-13)25-11-24-15/h4,6,8-10H,5,7,11H2,1-3H3,(H,20,21). The second-order valence-corrected chi connectivity index (χ2v) is 5.76. The number of carbonyl (C=O) groups excluding carboxylic acids is 1. The molecule has 1 heterocycles. The molecule has 0 aromatic heterocycles. The Bertz CT molecular complexity index is 788. The third-order valence-electron chi connectivity index (χ3n) is 4.08. The van der Waals surface area contributed by atoms with Crippen molar-refractivity contribution in [2.75, 3.05) is 26.3 Å². The van der Waals surface area contributed by atoms with Gasteiger partial charge in [-0.25, -0.2) is 0 Å². The lowest BCUT2D eigenvalue weighted by Crippen LogP contribution is -2.13. The van der Waals surface area contributed by atoms with Crippen molar-refractivity contribution in [3.8, 4) is 23.0 Å². The number of ether oxygens (including phenoxy) is 4. The molecular weight excluding hydrogens is 322 g/mol. The van der Waals surface area contributed by atoms with Gasteiger partial charge in [0, 0.05) is 18.2 Å². The first kappa shape index (κ1) is 17.0. The predicted octanol–water partition coefficient (Wildman–Crippen LogP) is 3.31. The Morgan fingerprint density at radius 2 is 1.80 bits per heavy atom. The van der Waals surface area contributed by atoms with Gasteiger partial charge in [0.15, 0.2) is 23.0 Å². The Balaban J connectivity index is 1.63. The molecule has 0 atom stereocenters. The summed E-state index contributed by atoms with van der Waals surface area (Å²) in [4.78, 5) is 12.3. The number of benzene rings is 2. The molecule has 3 rings (SSSR count). The predicted molar refractivity (Wildman–Crippen MR) is 93.8 cm³/mol. The van der Waals surface area contributed by atoms with Crippen LogP contribution in [0.2, 0.25) is 0 Å². The molecule has 6 heteroatoms. The molecule has 0 saturated carbocycles. The van der Waals surface area contributed by atoms with Crippen LogP contribution < -0.4 is 24.3 Å². The van der Waals surface area contributed by atoms with E-state index >= 15 is 0 Å². The number of amides is 1. The van der Waals surface area contributed by atoms with Crippen molar-refractivity contribution < 1.29 is 23.7 Å². The van der Waals surface area contributed by atoms with Gasteiger partial charge < -0.3 is 24.3 Å². The summed E-state index contributed by atoms with van der Waals surface area (Å²) in [6.07, 6.45) is 0.988. The zero-order chi connectivity index (χ0) is 17.8. The van der Waals surface area contributed by atoms with Crippen LogP contribution in [0.3, 0.4) is 0 Å². The van der Waals surface area contributed by atoms with Crippen molar-refractivity contribution in [1.82, 2.24) is 0 Å². The minimum atomic E-state index is -0.0620. The van der Waals surface area contributed by atoms with E-state index in [0.717, 1.165) is 22.6 Å². The van der Waals surface area contributed by atoms with Gasteiger partial charge in [0.2, 0.25) is 12.7 Å². The van der Waals surface area contributed by atoms with Gasteiger partial charge in [-0.3, -0.25) is 4.79 Å². The summed E-state index contributed by atoms with van der Waals surface area (Å²) < 4.78 is 21.2. The lowest BCUT2D eigenvalue weighted by molar-refractivity contribution is -0.116. The molecule has 0 radical (unpaired) electrons. The Kier molecular flexibility index (Phi) is 4.97. The number of hydrogen-bond acceptors (Lipinski definition) is 5. The zero-order valence-corrected chi connectivity index (χ0v) is 14.5. The molecule has 132 valence electrons. The van der Waals surface area contributed by atoms with Crippen LogP contribution >= 0.6 is 0 Å². The lowest BCUT2D eigenvalue weighted by Gasteiger charge is -2.13. The van der Waals surface area contributed by atoms with Gasteiger partial charge in [0.05, 0.1) is 14.2 Å². The largest absolute Gasteiger partial charge is 0.493 e. The molecule has 0 fully saturated rings. The molecule has 2 aromatic rings. The maximum absolute atomic E-state index is 12.3. The highest BCUT2D eigenvalue weighted by molar-refractivity contribution is 5.92. The highest BCUT2D eigenvalue weighted by atomic mass is 16.7. The Morgan fingerprint density at radius 3 is 2.56 bits per heavy atom. The summed E-state index contributed by atoms with van der Waals surface area (Å²) in [5.74, 6) is 2.63. The molecule has 0 saturated heterocycles. The van der Waals surface area contributed by atoms with Crippen LogP contribution in [-0.2, 0) is 11.2 Å². The lowest BCUT2D eigenvalue weighted by atomic mass is 10.1. The van der Waals surface area contributed by atoms with Gasteiger partial charge in [0.25, 0.3) is 0 Å². The topological polar surface area (TPSA) is 66.0 Å². The van der Waals surface area contributed by atoms with E-state index in [4.69, 9.17) is 18.9 Å². The molecule has 1 aliphatic heterocycles. The summed E-state index contributed by atoms with van der Waals surface area (Å²) in [5, 5.41) is 2.93. The highest BCUT2D eigenvalue weighted by Crippen LogP contribution is 2.34. The van der Waals surface area contributed by atoms with Crippen LogP contribution in [0.15, 0.2) is 30.3 Å². The second-order valence-electron chi connectivity index (χ2n) is 5.76. The minimum Gasteiger partial charge on any atom is -0.493 e. The first-order valence-corrected chi connectivity index (χ1v) is 8.01. The van der Waals surface area contributed by atoms with Crippen molar-refractivity contribution in [2.45, 2.75) is 19.8 Å². The first-order valence-electron chi connectivity index (χ1n) is 8.01. The Morgan fingerprint density at radius 1 is 1.08 bits per heavy atom. The molecule has 1 N–H and O–H groups in total. The van der Waals surface area contributed by atoms with Crippen molar-refractivity contribution in [3.05, 3.63) is 41.5 Å². The van der Waals surface area contributed by atoms with Crippen molar-refractivity contribution in [1.29, 1.82) is 0 Å². The van der Waals surface area contributed by atoms with E-state index in [2.05, 4.69) is 5.32 Å². The smallest absolute Gasteiger partial charge is 0.231 e. The van der Waals surface area contributed by atoms with E-state index in [1.807, 2.05) is 31.2 Å². The van der Waals surface area contributed by atoms with Gasteiger partial charge in [-0.2, -0.15) is 0 Å². The van der Waals surface area contributed by atoms with Gasteiger partial charge in [-0.15, -0.1) is 0 Å². The summed E-state index contributed by atoms with van der Waals surface area (Å²) in [6.45, 7) is 2.16. The van der Waals surface area contributed by atoms with Crippen LogP contribution in [0, 0.1) is 6.92 Å². The van der Waals surface area contributed by atoms with E-state index in [0.29, 0.717) is 30.0 Å². The zero-order valence-electron chi connectivity index (χ0n) is 14.5. The monoisotopic (exact) mass is 343 g/mol. The van der Waals surface area contributed by atoms with E-state index in [9.17, 15) is 4.79 Å². The van der Waals surface area contributed by atoms with E-state index in [1.165, 1.54) is 0 Å². The van der Waals surface area contributed by atoms with Crippen molar-refractivity contribution in [3.63, 3.8) is 0 Å². The fraction of sp³-hybridized carbons (Fsp3) is 0.316. The van der Waals surface area contributed by atoms with Crippen LogP contribution in [0.1, 0.15) is 17.5 Å². The summed E-state index contributed by atoms with van der Waals surface area (Å²) in [7, 11) is 3.15. The molecule has 2 aromatic carbocycles. The number of nitrogens with one attached hydrogen (secondary N) is 1. The normalized spacial score (nSPS) is 12.0. The first-order chi connectivity index (χ1) is 12.1. The number of carbonyl (C=O) groups is 1. The Labute approximate surface area is 146 Å². The third-order valence-corrected chi connectivity index (χ3v) is 4.08. The van der Waals surface area contributed by atoms with Crippen LogP contribution in [0.25, 0.3) is 0 Å². The molecule has 25 heavy (non-hydrogen) atoms. The molecule has 1 amide bonds. The second kappa shape index (κ2) is 7.34. The molecule has 6 nitrogen and oxygen atoms in total. The molecular formula is C19H21NO5. The highest BCUT2D eigenvalue weighted by Gasteiger charge is 2.14. The van der Waals surface area contributed by atoms with Gasteiger partial charge in [-0.05, 0) is 42.7 Å². The van der Waals surface area contributed by atoms with Crippen LogP contribution in [0.4, 0.5) is 5.69 Å². The minimum absolute atomic E-state index is 0.0620. The van der Waals surface area contributed by atoms with Crippen molar-refractivity contribution in [2.24, 2.45) is 0 Å². The SMILES string of the molecule is COc1cc(C)c(NC(=O)CCc2ccc3c(c2)OCO3)cc1OC. The fourth-order valence-corrected chi connectivity index (χ4v) is 2.68. The maximum Gasteiger partial charge on any atom is 0.231 e. The molecule has 0 aliphatic carbocycles. The number of rotatable bonds is 6. The molecule has 0 unspecified atom stereocenters. The van der Waals surface area contributed by atoms with E-state index in [-0.39, 0.29) is 12.7 Å². The molecule has 0 spiro atoms. The average molecular weight is 343 g/mol. The fourth-order valence-electron chi connectivity index (χ4n) is 2.68. The van der Waals surface area contributed by atoms with Gasteiger partial charge in [0.1, 0.15) is 0 Å². The quantitative estimate of drug-likeness (QED) is 0.872. The number of methoxy groups -OCH3 is 2. The molecule has 0 bridgehead atoms. The molecule has 1 aliphatic rings. The summed E-state index contributed by atoms with van der Waals surface area (Å²) in [6, 6.07) is 9.34. The van der Waals surface area contributed by atoms with E-state index in [1.54, 1.807) is 20.3 Å². The van der Waals surface area contributed by atoms with Crippen LogP contribution in [-0.4, -0.2) is 26.9 Å². The number of fused-ring (bicyclic) bond motifs is 1. The van der Waals surface area contributed by atoms with Crippen molar-refractivity contribution >= 4 is 11.6 Å². The van der Waals surface area contributed by atoms with Crippen LogP contribution in [0.5, 0.6) is 23.0 Å². The van der Waals surface area contributed by atoms with Gasteiger partial charge in [-0.1, -0.05) is 6.07 Å². The summed E-state index contributed by atoms with van der Waals surface area (Å²) >= 11 is 0. The average Bonchev–Trinajstić information content (AvgIpc) is 3.09. The summed E-state index contributed by atoms with van der Waals surface area (Å²) in [5.41, 5.74) is 2.66. The maximum atomic E-state index is 12.3. The van der Waals surface area contributed by atoms with Gasteiger partial charge >= 0.3 is 0 Å². The number of anilines is 1. The number of hydrogen-bond donors (Lipinski definition) is 1. The van der Waals surface area contributed by atoms with E-state index < -0.39 is 0 Å².